The molecule has 38 heavy (non-hydrogen) atoms. The van der Waals surface area contributed by atoms with Crippen LogP contribution in [0.3, 0.4) is 0 Å². The number of ether oxygens (including phenoxy) is 1. The van der Waals surface area contributed by atoms with Crippen LogP contribution >= 0.6 is 0 Å². The van der Waals surface area contributed by atoms with E-state index in [1.165, 1.54) is 13.4 Å². The summed E-state index contributed by atoms with van der Waals surface area (Å²) in [5.41, 5.74) is 2.57. The van der Waals surface area contributed by atoms with E-state index in [-0.39, 0.29) is 11.7 Å². The minimum atomic E-state index is -0.650. The standard InChI is InChI=1S/C28H32FN7O2/c1-6-28(4,20-9-7-8-19-25(27(37)30-5)21(29)13-33-26(19)20)15-34-23-10-22(35-16-36-23)18-11-31-24(32-12-18)14-38-17(2)3/h7-13,16-17H,6,14-15H2,1-5H3,(H,30,37)(H,34,35,36). The third-order valence-corrected chi connectivity index (χ3v) is 6.61. The van der Waals surface area contributed by atoms with Crippen molar-refractivity contribution in [1.82, 2.24) is 30.2 Å². The zero-order chi connectivity index (χ0) is 27.3. The second-order valence-corrected chi connectivity index (χ2v) is 9.57. The Kier molecular flexibility index (Phi) is 8.21. The largest absolute Gasteiger partial charge is 0.371 e. The van der Waals surface area contributed by atoms with Gasteiger partial charge in [-0.15, -0.1) is 0 Å². The molecule has 0 spiro atoms. The highest BCUT2D eigenvalue weighted by atomic mass is 19.1. The van der Waals surface area contributed by atoms with Crippen molar-refractivity contribution in [3.8, 4) is 11.3 Å². The van der Waals surface area contributed by atoms with E-state index in [0.29, 0.717) is 41.4 Å². The number of halogens is 1. The summed E-state index contributed by atoms with van der Waals surface area (Å²) in [6.07, 6.45) is 6.91. The number of hydrogen-bond acceptors (Lipinski definition) is 8. The minimum absolute atomic E-state index is 0.00443. The first-order chi connectivity index (χ1) is 18.3. The normalized spacial score (nSPS) is 12.9. The molecule has 4 rings (SSSR count). The Labute approximate surface area is 221 Å². The highest BCUT2D eigenvalue weighted by Gasteiger charge is 2.29. The lowest BCUT2D eigenvalue weighted by Crippen LogP contribution is -2.31. The predicted molar refractivity (Wildman–Crippen MR) is 144 cm³/mol. The van der Waals surface area contributed by atoms with Crippen LogP contribution in [0.1, 0.15) is 55.9 Å². The first-order valence-electron chi connectivity index (χ1n) is 12.5. The molecule has 0 bridgehead atoms. The van der Waals surface area contributed by atoms with Gasteiger partial charge in [0.05, 0.1) is 29.1 Å². The maximum Gasteiger partial charge on any atom is 0.254 e. The van der Waals surface area contributed by atoms with Crippen LogP contribution in [0.5, 0.6) is 0 Å². The maximum atomic E-state index is 14.5. The lowest BCUT2D eigenvalue weighted by Gasteiger charge is -2.30. The van der Waals surface area contributed by atoms with E-state index >= 15 is 0 Å². The SMILES string of the molecule is CCC(C)(CNc1cc(-c2cnc(COC(C)C)nc2)ncn1)c1cccc2c(C(=O)NC)c(F)cnc12. The number of nitrogens with zero attached hydrogens (tertiary/aromatic N) is 5. The summed E-state index contributed by atoms with van der Waals surface area (Å²) in [6, 6.07) is 7.37. The van der Waals surface area contributed by atoms with Gasteiger partial charge in [-0.2, -0.15) is 0 Å². The van der Waals surface area contributed by atoms with E-state index in [9.17, 15) is 9.18 Å². The van der Waals surface area contributed by atoms with Gasteiger partial charge in [-0.25, -0.2) is 24.3 Å². The Morgan fingerprint density at radius 2 is 1.87 bits per heavy atom. The zero-order valence-corrected chi connectivity index (χ0v) is 22.2. The van der Waals surface area contributed by atoms with Gasteiger partial charge >= 0.3 is 0 Å². The van der Waals surface area contributed by atoms with Crippen molar-refractivity contribution in [2.24, 2.45) is 0 Å². The first-order valence-corrected chi connectivity index (χ1v) is 12.5. The maximum absolute atomic E-state index is 14.5. The summed E-state index contributed by atoms with van der Waals surface area (Å²) in [5, 5.41) is 6.42. The molecule has 3 heterocycles. The molecule has 1 atom stereocenters. The van der Waals surface area contributed by atoms with E-state index in [4.69, 9.17) is 4.74 Å². The fourth-order valence-electron chi connectivity index (χ4n) is 4.15. The molecular formula is C28H32FN7O2. The molecule has 0 saturated carbocycles. The summed E-state index contributed by atoms with van der Waals surface area (Å²) in [4.78, 5) is 34.3. The Morgan fingerprint density at radius 3 is 2.55 bits per heavy atom. The van der Waals surface area contributed by atoms with Crippen LogP contribution in [0, 0.1) is 5.82 Å². The van der Waals surface area contributed by atoms with E-state index in [1.54, 1.807) is 18.5 Å². The molecule has 0 aliphatic rings. The van der Waals surface area contributed by atoms with Crippen molar-refractivity contribution >= 4 is 22.6 Å². The Morgan fingerprint density at radius 1 is 1.11 bits per heavy atom. The second-order valence-electron chi connectivity index (χ2n) is 9.57. The van der Waals surface area contributed by atoms with Crippen molar-refractivity contribution < 1.29 is 13.9 Å². The lowest BCUT2D eigenvalue weighted by atomic mass is 9.78. The summed E-state index contributed by atoms with van der Waals surface area (Å²) in [5.74, 6) is 0.119. The number of benzene rings is 1. The molecule has 0 aliphatic carbocycles. The Bertz CT molecular complexity index is 1430. The van der Waals surface area contributed by atoms with E-state index < -0.39 is 17.1 Å². The van der Waals surface area contributed by atoms with Crippen LogP contribution in [0.15, 0.2) is 49.2 Å². The van der Waals surface area contributed by atoms with Gasteiger partial charge in [0, 0.05) is 48.4 Å². The third-order valence-electron chi connectivity index (χ3n) is 6.61. The smallest absolute Gasteiger partial charge is 0.254 e. The van der Waals surface area contributed by atoms with Gasteiger partial charge in [0.15, 0.2) is 11.6 Å². The minimum Gasteiger partial charge on any atom is -0.371 e. The number of nitrogens with one attached hydrogen (secondary N) is 2. The number of carbonyl (C=O) groups is 1. The number of fused-ring (bicyclic) bond motifs is 1. The first kappa shape index (κ1) is 27.0. The van der Waals surface area contributed by atoms with Crippen LogP contribution in [0.25, 0.3) is 22.2 Å². The summed E-state index contributed by atoms with van der Waals surface area (Å²) < 4.78 is 20.1. The predicted octanol–water partition coefficient (Wildman–Crippen LogP) is 4.69. The average Bonchev–Trinajstić information content (AvgIpc) is 2.94. The molecule has 3 aromatic heterocycles. The van der Waals surface area contributed by atoms with Gasteiger partial charge in [0.2, 0.25) is 0 Å². The van der Waals surface area contributed by atoms with Crippen molar-refractivity contribution in [2.45, 2.75) is 52.2 Å². The van der Waals surface area contributed by atoms with Gasteiger partial charge in [-0.3, -0.25) is 9.78 Å². The monoisotopic (exact) mass is 517 g/mol. The number of amides is 1. The van der Waals surface area contributed by atoms with E-state index in [2.05, 4.69) is 49.4 Å². The Hall–Kier alpha value is -4.05. The molecule has 2 N–H and O–H groups in total. The van der Waals surface area contributed by atoms with Gasteiger partial charge < -0.3 is 15.4 Å². The van der Waals surface area contributed by atoms with Gasteiger partial charge in [0.25, 0.3) is 5.91 Å². The molecule has 1 amide bonds. The summed E-state index contributed by atoms with van der Waals surface area (Å²) >= 11 is 0. The quantitative estimate of drug-likeness (QED) is 0.312. The molecule has 9 nitrogen and oxygen atoms in total. The molecule has 10 heteroatoms. The fraction of sp³-hybridized carbons (Fsp3) is 0.357. The van der Waals surface area contributed by atoms with Crippen molar-refractivity contribution in [1.29, 1.82) is 0 Å². The number of aromatic nitrogens is 5. The highest BCUT2D eigenvalue weighted by Crippen LogP contribution is 2.34. The molecule has 1 aromatic carbocycles. The summed E-state index contributed by atoms with van der Waals surface area (Å²) in [6.45, 7) is 8.99. The van der Waals surface area contributed by atoms with Gasteiger partial charge in [-0.05, 0) is 25.8 Å². The number of rotatable bonds is 10. The van der Waals surface area contributed by atoms with Crippen LogP contribution in [-0.4, -0.2) is 50.5 Å². The third kappa shape index (κ3) is 5.75. The van der Waals surface area contributed by atoms with Crippen molar-refractivity contribution in [2.75, 3.05) is 18.9 Å². The fourth-order valence-corrected chi connectivity index (χ4v) is 4.15. The molecule has 0 radical (unpaired) electrons. The number of para-hydroxylation sites is 1. The second kappa shape index (κ2) is 11.6. The molecule has 0 saturated heterocycles. The van der Waals surface area contributed by atoms with Crippen molar-refractivity contribution in [3.63, 3.8) is 0 Å². The molecule has 198 valence electrons. The zero-order valence-electron chi connectivity index (χ0n) is 22.2. The number of hydrogen-bond donors (Lipinski definition) is 2. The number of pyridine rings is 1. The Balaban J connectivity index is 1.58. The van der Waals surface area contributed by atoms with Crippen LogP contribution in [0.4, 0.5) is 10.2 Å². The van der Waals surface area contributed by atoms with Crippen LogP contribution in [0.2, 0.25) is 0 Å². The van der Waals surface area contributed by atoms with Crippen LogP contribution < -0.4 is 10.6 Å². The van der Waals surface area contributed by atoms with Crippen molar-refractivity contribution in [3.05, 3.63) is 72.0 Å². The molecule has 0 aliphatic heterocycles. The lowest BCUT2D eigenvalue weighted by molar-refractivity contribution is 0.0613. The highest BCUT2D eigenvalue weighted by molar-refractivity contribution is 6.06. The van der Waals surface area contributed by atoms with Gasteiger partial charge in [-0.1, -0.05) is 32.0 Å². The molecular weight excluding hydrogens is 485 g/mol. The molecule has 0 fully saturated rings. The topological polar surface area (TPSA) is 115 Å². The average molecular weight is 518 g/mol. The summed E-state index contributed by atoms with van der Waals surface area (Å²) in [7, 11) is 1.48. The van der Waals surface area contributed by atoms with Crippen LogP contribution in [-0.2, 0) is 16.8 Å². The van der Waals surface area contributed by atoms with E-state index in [1.807, 2.05) is 32.0 Å². The van der Waals surface area contributed by atoms with Gasteiger partial charge in [0.1, 0.15) is 18.8 Å². The molecule has 4 aromatic rings. The molecule has 1 unspecified atom stereocenters. The number of anilines is 1. The number of carbonyl (C=O) groups excluding carboxylic acids is 1. The van der Waals surface area contributed by atoms with E-state index in [0.717, 1.165) is 23.7 Å².